The highest BCUT2D eigenvalue weighted by Crippen LogP contribution is 2.33. The third-order valence-electron chi connectivity index (χ3n) is 7.67. The van der Waals surface area contributed by atoms with Crippen LogP contribution < -0.4 is 10.1 Å². The van der Waals surface area contributed by atoms with Gasteiger partial charge in [0.1, 0.15) is 11.9 Å². The van der Waals surface area contributed by atoms with Crippen LogP contribution in [0, 0.1) is 17.8 Å². The third kappa shape index (κ3) is 6.11. The van der Waals surface area contributed by atoms with Crippen LogP contribution in [0.1, 0.15) is 69.2 Å². The van der Waals surface area contributed by atoms with Gasteiger partial charge in [0, 0.05) is 37.2 Å². The van der Waals surface area contributed by atoms with E-state index < -0.39 is 0 Å². The van der Waals surface area contributed by atoms with Crippen LogP contribution in [0.25, 0.3) is 0 Å². The summed E-state index contributed by atoms with van der Waals surface area (Å²) in [5, 5.41) is 12.8. The van der Waals surface area contributed by atoms with Crippen molar-refractivity contribution >= 4 is 17.5 Å². The van der Waals surface area contributed by atoms with Crippen molar-refractivity contribution in [3.05, 3.63) is 23.8 Å². The lowest BCUT2D eigenvalue weighted by atomic mass is 9.89. The van der Waals surface area contributed by atoms with Gasteiger partial charge < -0.3 is 25.0 Å². The largest absolute Gasteiger partial charge is 0.488 e. The summed E-state index contributed by atoms with van der Waals surface area (Å²) in [5.41, 5.74) is 1.06. The molecule has 2 aliphatic carbocycles. The zero-order chi connectivity index (χ0) is 24.2. The second-order valence-corrected chi connectivity index (χ2v) is 10.8. The maximum absolute atomic E-state index is 13.5. The maximum atomic E-state index is 13.5. The fourth-order valence-corrected chi connectivity index (χ4v) is 5.30. The van der Waals surface area contributed by atoms with E-state index in [2.05, 4.69) is 24.2 Å². The van der Waals surface area contributed by atoms with Crippen molar-refractivity contribution in [2.24, 2.45) is 17.8 Å². The van der Waals surface area contributed by atoms with Crippen LogP contribution in [0.2, 0.25) is 0 Å². The zero-order valence-electron chi connectivity index (χ0n) is 21.0. The van der Waals surface area contributed by atoms with Crippen molar-refractivity contribution in [3.63, 3.8) is 0 Å². The van der Waals surface area contributed by atoms with Crippen LogP contribution >= 0.6 is 0 Å². The molecule has 188 valence electrons. The highest BCUT2D eigenvalue weighted by Gasteiger charge is 2.34. The molecule has 2 fully saturated rings. The molecule has 7 nitrogen and oxygen atoms in total. The van der Waals surface area contributed by atoms with Gasteiger partial charge in [-0.2, -0.15) is 0 Å². The van der Waals surface area contributed by atoms with Gasteiger partial charge in [-0.15, -0.1) is 0 Å². The van der Waals surface area contributed by atoms with Crippen LogP contribution in [-0.2, 0) is 4.79 Å². The van der Waals surface area contributed by atoms with E-state index in [0.29, 0.717) is 23.5 Å². The standard InChI is InChI=1S/C27H41N3O4/c1-18-14-30(19(2)17-31)27(33)23-13-22(28-26(32)21-9-10-21)11-12-24(23)34-25(18)16-29(3)15-20-7-5-4-6-8-20/h11-13,18-21,25,31H,4-10,14-17H2,1-3H3,(H,28,32)/t18-,19+,25-/m1/s1. The predicted octanol–water partition coefficient (Wildman–Crippen LogP) is 3.77. The lowest BCUT2D eigenvalue weighted by molar-refractivity contribution is -0.117. The molecule has 1 aliphatic heterocycles. The SMILES string of the molecule is C[C@@H]1CN([C@@H](C)CO)C(=O)c2cc(NC(=O)C3CC3)ccc2O[C@@H]1CN(C)CC1CCCCC1. The molecule has 2 amide bonds. The molecular formula is C27H41N3O4. The molecule has 3 aliphatic rings. The molecule has 0 aromatic heterocycles. The number of hydrogen-bond acceptors (Lipinski definition) is 5. The Morgan fingerprint density at radius 2 is 1.94 bits per heavy atom. The Morgan fingerprint density at radius 1 is 1.21 bits per heavy atom. The van der Waals surface area contributed by atoms with E-state index in [-0.39, 0.29) is 42.4 Å². The smallest absolute Gasteiger partial charge is 0.258 e. The van der Waals surface area contributed by atoms with Crippen molar-refractivity contribution in [1.29, 1.82) is 0 Å². The molecule has 4 rings (SSSR count). The minimum Gasteiger partial charge on any atom is -0.488 e. The van der Waals surface area contributed by atoms with Crippen molar-refractivity contribution in [3.8, 4) is 5.75 Å². The first-order valence-corrected chi connectivity index (χ1v) is 13.1. The molecule has 0 unspecified atom stereocenters. The summed E-state index contributed by atoms with van der Waals surface area (Å²) in [6.07, 6.45) is 8.40. The summed E-state index contributed by atoms with van der Waals surface area (Å²) in [5.74, 6) is 1.33. The van der Waals surface area contributed by atoms with Gasteiger partial charge in [-0.05, 0) is 63.8 Å². The van der Waals surface area contributed by atoms with E-state index >= 15 is 0 Å². The van der Waals surface area contributed by atoms with Crippen LogP contribution in [0.4, 0.5) is 5.69 Å². The molecule has 0 radical (unpaired) electrons. The van der Waals surface area contributed by atoms with E-state index in [0.717, 1.165) is 31.8 Å². The summed E-state index contributed by atoms with van der Waals surface area (Å²) >= 11 is 0. The van der Waals surface area contributed by atoms with Gasteiger partial charge in [-0.1, -0.05) is 26.2 Å². The highest BCUT2D eigenvalue weighted by molar-refractivity contribution is 6.00. The van der Waals surface area contributed by atoms with Gasteiger partial charge in [-0.3, -0.25) is 9.59 Å². The maximum Gasteiger partial charge on any atom is 0.258 e. The molecule has 0 spiro atoms. The number of ether oxygens (including phenoxy) is 1. The molecule has 0 saturated heterocycles. The van der Waals surface area contributed by atoms with Crippen molar-refractivity contribution < 1.29 is 19.4 Å². The van der Waals surface area contributed by atoms with Crippen LogP contribution in [0.15, 0.2) is 18.2 Å². The number of fused-ring (bicyclic) bond motifs is 1. The first-order chi connectivity index (χ1) is 16.4. The van der Waals surface area contributed by atoms with Crippen molar-refractivity contribution in [2.45, 2.75) is 70.9 Å². The number of aliphatic hydroxyl groups is 1. The summed E-state index contributed by atoms with van der Waals surface area (Å²) < 4.78 is 6.50. The number of carbonyl (C=O) groups excluding carboxylic acids is 2. The summed E-state index contributed by atoms with van der Waals surface area (Å²) in [7, 11) is 2.17. The average molecular weight is 472 g/mol. The number of likely N-dealkylation sites (N-methyl/N-ethyl adjacent to an activating group) is 1. The quantitative estimate of drug-likeness (QED) is 0.603. The first kappa shape index (κ1) is 25.0. The molecular weight excluding hydrogens is 430 g/mol. The van der Waals surface area contributed by atoms with Gasteiger partial charge in [-0.25, -0.2) is 0 Å². The Morgan fingerprint density at radius 3 is 2.62 bits per heavy atom. The molecule has 34 heavy (non-hydrogen) atoms. The minimum atomic E-state index is -0.300. The van der Waals surface area contributed by atoms with E-state index in [1.165, 1.54) is 32.1 Å². The number of rotatable bonds is 8. The molecule has 2 N–H and O–H groups in total. The second-order valence-electron chi connectivity index (χ2n) is 10.8. The Bertz CT molecular complexity index is 865. The Balaban J connectivity index is 1.55. The van der Waals surface area contributed by atoms with Crippen LogP contribution in [0.3, 0.4) is 0 Å². The Hall–Kier alpha value is -2.12. The minimum absolute atomic E-state index is 0.00980. The van der Waals surface area contributed by atoms with Crippen LogP contribution in [0.5, 0.6) is 5.75 Å². The molecule has 2 saturated carbocycles. The van der Waals surface area contributed by atoms with Gasteiger partial charge in [0.15, 0.2) is 0 Å². The first-order valence-electron chi connectivity index (χ1n) is 13.1. The van der Waals surface area contributed by atoms with Crippen molar-refractivity contribution in [1.82, 2.24) is 9.80 Å². The average Bonchev–Trinajstić information content (AvgIpc) is 3.67. The van der Waals surface area contributed by atoms with Gasteiger partial charge in [0.2, 0.25) is 5.91 Å². The van der Waals surface area contributed by atoms with E-state index in [4.69, 9.17) is 4.74 Å². The number of benzene rings is 1. The number of carbonyl (C=O) groups is 2. The normalized spacial score (nSPS) is 24.7. The Labute approximate surface area is 203 Å². The molecule has 1 aromatic rings. The molecule has 1 aromatic carbocycles. The summed E-state index contributed by atoms with van der Waals surface area (Å²) in [6.45, 7) is 6.27. The number of aliphatic hydroxyl groups excluding tert-OH is 1. The topological polar surface area (TPSA) is 82.1 Å². The van der Waals surface area contributed by atoms with Gasteiger partial charge in [0.05, 0.1) is 18.2 Å². The third-order valence-corrected chi connectivity index (χ3v) is 7.67. The lowest BCUT2D eigenvalue weighted by Crippen LogP contribution is -2.50. The van der Waals surface area contributed by atoms with Gasteiger partial charge in [0.25, 0.3) is 5.91 Å². The van der Waals surface area contributed by atoms with Crippen molar-refractivity contribution in [2.75, 3.05) is 38.6 Å². The lowest BCUT2D eigenvalue weighted by Gasteiger charge is -2.38. The molecule has 1 heterocycles. The molecule has 0 bridgehead atoms. The second kappa shape index (κ2) is 11.1. The number of amides is 2. The van der Waals surface area contributed by atoms with E-state index in [1.807, 2.05) is 19.1 Å². The summed E-state index contributed by atoms with van der Waals surface area (Å²) in [6, 6.07) is 5.06. The number of hydrogen-bond donors (Lipinski definition) is 2. The fourth-order valence-electron chi connectivity index (χ4n) is 5.30. The summed E-state index contributed by atoms with van der Waals surface area (Å²) in [4.78, 5) is 29.9. The number of anilines is 1. The predicted molar refractivity (Wildman–Crippen MR) is 133 cm³/mol. The Kier molecular flexibility index (Phi) is 8.14. The number of nitrogens with one attached hydrogen (secondary N) is 1. The van der Waals surface area contributed by atoms with Gasteiger partial charge >= 0.3 is 0 Å². The molecule has 3 atom stereocenters. The van der Waals surface area contributed by atoms with E-state index in [9.17, 15) is 14.7 Å². The van der Waals surface area contributed by atoms with Crippen LogP contribution in [-0.4, -0.2) is 72.2 Å². The molecule has 7 heteroatoms. The highest BCUT2D eigenvalue weighted by atomic mass is 16.5. The van der Waals surface area contributed by atoms with E-state index in [1.54, 1.807) is 11.0 Å². The number of nitrogens with zero attached hydrogens (tertiary/aromatic N) is 2. The fraction of sp³-hybridized carbons (Fsp3) is 0.704. The monoisotopic (exact) mass is 471 g/mol. The zero-order valence-corrected chi connectivity index (χ0v) is 21.0.